The molecular formula is C8H15NO5. The van der Waals surface area contributed by atoms with Gasteiger partial charge in [-0.25, -0.2) is 5.48 Å². The number of carbonyl (C=O) groups excluding carboxylic acids is 1. The summed E-state index contributed by atoms with van der Waals surface area (Å²) in [4.78, 5) is 26.4. The van der Waals surface area contributed by atoms with E-state index in [0.29, 0.717) is 0 Å². The number of carbonyl (C=O) groups is 2. The molecule has 1 unspecified atom stereocenters. The highest BCUT2D eigenvalue weighted by molar-refractivity contribution is 5.96. The van der Waals surface area contributed by atoms with Crippen LogP contribution >= 0.6 is 0 Å². The molecule has 0 bridgehead atoms. The molecule has 0 radical (unpaired) electrons. The molecule has 0 aromatic carbocycles. The summed E-state index contributed by atoms with van der Waals surface area (Å²) in [6, 6.07) is 0. The number of hydrogen-bond donors (Lipinski definition) is 3. The summed E-state index contributed by atoms with van der Waals surface area (Å²) < 4.78 is 0. The zero-order valence-electron chi connectivity index (χ0n) is 8.40. The van der Waals surface area contributed by atoms with Crippen LogP contribution in [0.4, 0.5) is 0 Å². The van der Waals surface area contributed by atoms with Gasteiger partial charge in [-0.1, -0.05) is 0 Å². The minimum Gasteiger partial charge on any atom is -0.481 e. The van der Waals surface area contributed by atoms with Gasteiger partial charge in [-0.15, -0.1) is 0 Å². The molecule has 3 N–H and O–H groups in total. The topological polar surface area (TPSA) is 95.9 Å². The number of aliphatic carboxylic acids is 1. The number of aliphatic hydroxyl groups excluding tert-OH is 1. The number of hydrogen-bond acceptors (Lipinski definition) is 4. The molecule has 82 valence electrons. The van der Waals surface area contributed by atoms with Crippen molar-refractivity contribution in [3.05, 3.63) is 0 Å². The normalized spacial score (nSPS) is 13.4. The molecule has 6 heteroatoms. The van der Waals surface area contributed by atoms with Crippen LogP contribution < -0.4 is 5.48 Å². The smallest absolute Gasteiger partial charge is 0.318 e. The molecular weight excluding hydrogens is 190 g/mol. The average Bonchev–Trinajstić information content (AvgIpc) is 2.00. The first kappa shape index (κ1) is 12.9. The van der Waals surface area contributed by atoms with E-state index in [2.05, 4.69) is 0 Å². The Kier molecular flexibility index (Phi) is 4.52. The van der Waals surface area contributed by atoms with Crippen molar-refractivity contribution >= 4 is 11.9 Å². The summed E-state index contributed by atoms with van der Waals surface area (Å²) in [5.41, 5.74) is 1.37. The highest BCUT2D eigenvalue weighted by atomic mass is 16.7. The second-order valence-electron chi connectivity index (χ2n) is 3.75. The second-order valence-corrected chi connectivity index (χ2v) is 3.75. The molecule has 0 fully saturated rings. The first-order chi connectivity index (χ1) is 6.28. The fourth-order valence-corrected chi connectivity index (χ4v) is 0.548. The van der Waals surface area contributed by atoms with Crippen molar-refractivity contribution in [1.82, 2.24) is 5.48 Å². The van der Waals surface area contributed by atoms with Gasteiger partial charge in [0.1, 0.15) is 0 Å². The summed E-state index contributed by atoms with van der Waals surface area (Å²) in [6.07, 6.45) is 0. The number of nitrogens with one attached hydrogen (secondary N) is 1. The third-order valence-electron chi connectivity index (χ3n) is 1.25. The maximum absolute atomic E-state index is 11.1. The van der Waals surface area contributed by atoms with Crippen molar-refractivity contribution in [3.63, 3.8) is 0 Å². The third-order valence-corrected chi connectivity index (χ3v) is 1.25. The lowest BCUT2D eigenvalue weighted by molar-refractivity contribution is -0.160. The molecule has 0 aliphatic rings. The minimum absolute atomic E-state index is 0.603. The van der Waals surface area contributed by atoms with Gasteiger partial charge in [0.2, 0.25) is 0 Å². The first-order valence-corrected chi connectivity index (χ1v) is 4.09. The number of aliphatic hydroxyl groups is 1. The number of amides is 1. The molecule has 0 spiro atoms. The summed E-state index contributed by atoms with van der Waals surface area (Å²) in [5, 5.41) is 17.1. The predicted octanol–water partition coefficient (Wildman–Crippen LogP) is -0.474. The Labute approximate surface area is 81.8 Å². The van der Waals surface area contributed by atoms with Crippen molar-refractivity contribution in [3.8, 4) is 0 Å². The Morgan fingerprint density at radius 3 is 2.21 bits per heavy atom. The molecule has 14 heavy (non-hydrogen) atoms. The van der Waals surface area contributed by atoms with Crippen molar-refractivity contribution in [2.45, 2.75) is 26.4 Å². The quantitative estimate of drug-likeness (QED) is 0.426. The van der Waals surface area contributed by atoms with E-state index >= 15 is 0 Å². The van der Waals surface area contributed by atoms with Gasteiger partial charge in [-0.2, -0.15) is 0 Å². The van der Waals surface area contributed by atoms with E-state index in [9.17, 15) is 9.59 Å². The number of carboxylic acid groups (broad SMARTS) is 1. The highest BCUT2D eigenvalue weighted by Crippen LogP contribution is 2.04. The molecule has 1 atom stereocenters. The van der Waals surface area contributed by atoms with Crippen molar-refractivity contribution in [1.29, 1.82) is 0 Å². The molecule has 0 aliphatic carbocycles. The lowest BCUT2D eigenvalue weighted by Gasteiger charge is -2.20. The van der Waals surface area contributed by atoms with Gasteiger partial charge in [-0.3, -0.25) is 14.4 Å². The van der Waals surface area contributed by atoms with E-state index < -0.39 is 30.0 Å². The summed E-state index contributed by atoms with van der Waals surface area (Å²) in [7, 11) is 0. The Bertz CT molecular complexity index is 220. The molecule has 0 aromatic rings. The van der Waals surface area contributed by atoms with E-state index in [1.54, 1.807) is 20.8 Å². The number of hydroxylamine groups is 1. The minimum atomic E-state index is -1.49. The molecule has 0 saturated carbocycles. The SMILES string of the molecule is CC(C)(C)ONC(=O)C(CO)C(=O)O. The van der Waals surface area contributed by atoms with E-state index in [0.717, 1.165) is 0 Å². The molecule has 0 aliphatic heterocycles. The van der Waals surface area contributed by atoms with Crippen LogP contribution in [0.15, 0.2) is 0 Å². The van der Waals surface area contributed by atoms with Gasteiger partial charge in [0.15, 0.2) is 5.92 Å². The standard InChI is InChI=1S/C8H15NO5/c1-8(2,3)14-9-6(11)5(4-10)7(12)13/h5,10H,4H2,1-3H3,(H,9,11)(H,12,13). The van der Waals surface area contributed by atoms with Crippen LogP contribution in [0.2, 0.25) is 0 Å². The van der Waals surface area contributed by atoms with Crippen LogP contribution in [0.3, 0.4) is 0 Å². The van der Waals surface area contributed by atoms with Crippen LogP contribution in [0.5, 0.6) is 0 Å². The van der Waals surface area contributed by atoms with E-state index in [-0.39, 0.29) is 0 Å². The Morgan fingerprint density at radius 2 is 1.93 bits per heavy atom. The Morgan fingerprint density at radius 1 is 1.43 bits per heavy atom. The first-order valence-electron chi connectivity index (χ1n) is 4.09. The van der Waals surface area contributed by atoms with Gasteiger partial charge in [0, 0.05) is 0 Å². The number of carboxylic acids is 1. The van der Waals surface area contributed by atoms with Gasteiger partial charge in [-0.05, 0) is 20.8 Å². The monoisotopic (exact) mass is 205 g/mol. The maximum Gasteiger partial charge on any atom is 0.318 e. The molecule has 0 aromatic heterocycles. The van der Waals surface area contributed by atoms with Crippen molar-refractivity contribution in [2.75, 3.05) is 6.61 Å². The Balaban J connectivity index is 4.13. The van der Waals surface area contributed by atoms with Gasteiger partial charge in [0.05, 0.1) is 12.2 Å². The lowest BCUT2D eigenvalue weighted by Crippen LogP contribution is -2.41. The molecule has 0 saturated heterocycles. The molecule has 1 amide bonds. The molecule has 0 rings (SSSR count). The van der Waals surface area contributed by atoms with E-state index in [1.807, 2.05) is 5.48 Å². The molecule has 6 nitrogen and oxygen atoms in total. The zero-order valence-corrected chi connectivity index (χ0v) is 8.40. The van der Waals surface area contributed by atoms with Gasteiger partial charge < -0.3 is 10.2 Å². The van der Waals surface area contributed by atoms with Crippen molar-refractivity contribution < 1.29 is 24.6 Å². The summed E-state index contributed by atoms with van der Waals surface area (Å²) in [6.45, 7) is 4.33. The van der Waals surface area contributed by atoms with E-state index in [4.69, 9.17) is 15.1 Å². The van der Waals surface area contributed by atoms with Crippen LogP contribution in [0, 0.1) is 5.92 Å². The molecule has 0 heterocycles. The second kappa shape index (κ2) is 4.92. The largest absolute Gasteiger partial charge is 0.481 e. The van der Waals surface area contributed by atoms with Crippen LogP contribution in [0.25, 0.3) is 0 Å². The fourth-order valence-electron chi connectivity index (χ4n) is 0.548. The fraction of sp³-hybridized carbons (Fsp3) is 0.750. The highest BCUT2D eigenvalue weighted by Gasteiger charge is 2.26. The van der Waals surface area contributed by atoms with Gasteiger partial charge in [0.25, 0.3) is 5.91 Å². The Hall–Kier alpha value is -1.14. The van der Waals surface area contributed by atoms with Crippen LogP contribution in [-0.4, -0.2) is 34.3 Å². The van der Waals surface area contributed by atoms with Crippen LogP contribution in [0.1, 0.15) is 20.8 Å². The number of rotatable bonds is 4. The van der Waals surface area contributed by atoms with Crippen molar-refractivity contribution in [2.24, 2.45) is 5.92 Å². The maximum atomic E-state index is 11.1. The summed E-state index contributed by atoms with van der Waals surface area (Å²) >= 11 is 0. The predicted molar refractivity (Wildman–Crippen MR) is 47.2 cm³/mol. The average molecular weight is 205 g/mol. The van der Waals surface area contributed by atoms with E-state index in [1.165, 1.54) is 0 Å². The van der Waals surface area contributed by atoms with Crippen LogP contribution in [-0.2, 0) is 14.4 Å². The summed E-state index contributed by atoms with van der Waals surface area (Å²) in [5.74, 6) is -3.74. The third kappa shape index (κ3) is 4.78. The van der Waals surface area contributed by atoms with Gasteiger partial charge >= 0.3 is 5.97 Å². The lowest BCUT2D eigenvalue weighted by atomic mass is 10.1. The zero-order chi connectivity index (χ0) is 11.4.